The fourth-order valence-corrected chi connectivity index (χ4v) is 3.17. The summed E-state index contributed by atoms with van der Waals surface area (Å²) in [6.07, 6.45) is 0.163. The Kier molecular flexibility index (Phi) is 6.14. The third-order valence-corrected chi connectivity index (χ3v) is 4.08. The number of thioether (sulfide) groups is 1. The number of hydrogen-bond acceptors (Lipinski definition) is 5. The summed E-state index contributed by atoms with van der Waals surface area (Å²) < 4.78 is 0. The van der Waals surface area contributed by atoms with Crippen LogP contribution in [0.25, 0.3) is 0 Å². The van der Waals surface area contributed by atoms with Crippen molar-refractivity contribution in [3.63, 3.8) is 0 Å². The van der Waals surface area contributed by atoms with Crippen molar-refractivity contribution in [3.8, 4) is 0 Å². The van der Waals surface area contributed by atoms with E-state index in [0.29, 0.717) is 23.2 Å². The van der Waals surface area contributed by atoms with Crippen LogP contribution in [0.3, 0.4) is 0 Å². The van der Waals surface area contributed by atoms with Crippen LogP contribution in [0, 0.1) is 0 Å². The van der Waals surface area contributed by atoms with E-state index in [9.17, 15) is 9.59 Å². The molecule has 0 aliphatic heterocycles. The summed E-state index contributed by atoms with van der Waals surface area (Å²) in [5.74, 6) is 0.457. The zero-order valence-corrected chi connectivity index (χ0v) is 12.0. The van der Waals surface area contributed by atoms with E-state index in [4.69, 9.17) is 5.11 Å². The summed E-state index contributed by atoms with van der Waals surface area (Å²) in [5.41, 5.74) is 0.894. The molecule has 7 heteroatoms. The first-order valence-electron chi connectivity index (χ1n) is 5.56. The molecule has 1 N–H and O–H groups in total. The normalized spacial score (nSPS) is 10.3. The van der Waals surface area contributed by atoms with Gasteiger partial charge in [0.25, 0.3) is 0 Å². The summed E-state index contributed by atoms with van der Waals surface area (Å²) in [6.45, 7) is 4.03. The van der Waals surface area contributed by atoms with Crippen molar-refractivity contribution in [3.05, 3.63) is 11.1 Å². The van der Waals surface area contributed by atoms with E-state index in [0.717, 1.165) is 5.69 Å². The minimum atomic E-state index is -0.782. The first kappa shape index (κ1) is 15.0. The van der Waals surface area contributed by atoms with Crippen LogP contribution in [0.15, 0.2) is 5.38 Å². The second kappa shape index (κ2) is 7.38. The van der Waals surface area contributed by atoms with E-state index in [1.807, 2.05) is 12.3 Å². The Morgan fingerprint density at radius 3 is 2.83 bits per heavy atom. The highest BCUT2D eigenvalue weighted by Crippen LogP contribution is 2.23. The highest BCUT2D eigenvalue weighted by molar-refractivity contribution is 7.98. The number of anilines is 1. The average Bonchev–Trinajstić information content (AvgIpc) is 2.73. The standard InChI is InChI=1S/C11H16N2O3S2/c1-3-13(8(2)14)11-12-9(7-18-11)6-17-5-4-10(15)16/h7H,3-6H2,1-2H3,(H,15,16). The lowest BCUT2D eigenvalue weighted by molar-refractivity contribution is -0.136. The van der Waals surface area contributed by atoms with Gasteiger partial charge in [0, 0.05) is 30.4 Å². The maximum Gasteiger partial charge on any atom is 0.304 e. The summed E-state index contributed by atoms with van der Waals surface area (Å²) in [6, 6.07) is 0. The van der Waals surface area contributed by atoms with Crippen LogP contribution >= 0.6 is 23.1 Å². The van der Waals surface area contributed by atoms with Crippen LogP contribution in [0.1, 0.15) is 26.0 Å². The number of hydrogen-bond donors (Lipinski definition) is 1. The van der Waals surface area contributed by atoms with E-state index in [1.165, 1.54) is 30.0 Å². The molecule has 0 spiro atoms. The van der Waals surface area contributed by atoms with Crippen LogP contribution in [0.5, 0.6) is 0 Å². The molecule has 18 heavy (non-hydrogen) atoms. The number of amides is 1. The van der Waals surface area contributed by atoms with Gasteiger partial charge in [0.05, 0.1) is 12.1 Å². The third kappa shape index (κ3) is 4.66. The maximum absolute atomic E-state index is 11.3. The fourth-order valence-electron chi connectivity index (χ4n) is 1.32. The Labute approximate surface area is 114 Å². The van der Waals surface area contributed by atoms with E-state index in [2.05, 4.69) is 4.98 Å². The van der Waals surface area contributed by atoms with Crippen molar-refractivity contribution in [2.75, 3.05) is 17.2 Å². The highest BCUT2D eigenvalue weighted by Gasteiger charge is 2.13. The molecular formula is C11H16N2O3S2. The topological polar surface area (TPSA) is 70.5 Å². The molecule has 1 aromatic heterocycles. The zero-order chi connectivity index (χ0) is 13.5. The van der Waals surface area contributed by atoms with Crippen LogP contribution in [-0.2, 0) is 15.3 Å². The van der Waals surface area contributed by atoms with Crippen molar-refractivity contribution >= 4 is 40.1 Å². The van der Waals surface area contributed by atoms with Gasteiger partial charge in [-0.25, -0.2) is 4.98 Å². The SMILES string of the molecule is CCN(C(C)=O)c1nc(CSCCC(=O)O)cs1. The van der Waals surface area contributed by atoms with Gasteiger partial charge in [0.2, 0.25) is 5.91 Å². The summed E-state index contributed by atoms with van der Waals surface area (Å²) in [4.78, 5) is 27.7. The molecule has 0 aromatic carbocycles. The lowest BCUT2D eigenvalue weighted by Crippen LogP contribution is -2.27. The summed E-state index contributed by atoms with van der Waals surface area (Å²) in [5, 5.41) is 11.1. The van der Waals surface area contributed by atoms with Crippen molar-refractivity contribution in [1.29, 1.82) is 0 Å². The van der Waals surface area contributed by atoms with Gasteiger partial charge in [-0.05, 0) is 6.92 Å². The molecule has 0 aliphatic carbocycles. The smallest absolute Gasteiger partial charge is 0.304 e. The molecule has 100 valence electrons. The Morgan fingerprint density at radius 2 is 2.28 bits per heavy atom. The van der Waals surface area contributed by atoms with Gasteiger partial charge in [-0.15, -0.1) is 11.3 Å². The van der Waals surface area contributed by atoms with E-state index in [1.54, 1.807) is 4.90 Å². The Morgan fingerprint density at radius 1 is 1.56 bits per heavy atom. The number of aliphatic carboxylic acids is 1. The minimum Gasteiger partial charge on any atom is -0.481 e. The number of carbonyl (C=O) groups excluding carboxylic acids is 1. The van der Waals surface area contributed by atoms with Crippen molar-refractivity contribution in [2.24, 2.45) is 0 Å². The molecule has 0 bridgehead atoms. The summed E-state index contributed by atoms with van der Waals surface area (Å²) in [7, 11) is 0. The molecule has 0 radical (unpaired) electrons. The van der Waals surface area contributed by atoms with Gasteiger partial charge >= 0.3 is 5.97 Å². The molecular weight excluding hydrogens is 272 g/mol. The molecule has 0 atom stereocenters. The van der Waals surface area contributed by atoms with Gasteiger partial charge in [-0.1, -0.05) is 0 Å². The van der Waals surface area contributed by atoms with Gasteiger partial charge in [-0.3, -0.25) is 14.5 Å². The number of aromatic nitrogens is 1. The van der Waals surface area contributed by atoms with Gasteiger partial charge < -0.3 is 5.11 Å². The van der Waals surface area contributed by atoms with Crippen molar-refractivity contribution in [2.45, 2.75) is 26.0 Å². The zero-order valence-electron chi connectivity index (χ0n) is 10.4. The molecule has 0 fully saturated rings. The summed E-state index contributed by atoms with van der Waals surface area (Å²) >= 11 is 2.97. The number of rotatable bonds is 7. The molecule has 5 nitrogen and oxygen atoms in total. The molecule has 1 amide bonds. The average molecular weight is 288 g/mol. The van der Waals surface area contributed by atoms with Gasteiger partial charge in [-0.2, -0.15) is 11.8 Å². The molecule has 1 aromatic rings. The van der Waals surface area contributed by atoms with E-state index < -0.39 is 5.97 Å². The molecule has 0 unspecified atom stereocenters. The molecule has 1 heterocycles. The Bertz CT molecular complexity index is 420. The van der Waals surface area contributed by atoms with Crippen LogP contribution < -0.4 is 4.90 Å². The first-order chi connectivity index (χ1) is 8.54. The van der Waals surface area contributed by atoms with Crippen molar-refractivity contribution in [1.82, 2.24) is 4.98 Å². The second-order valence-electron chi connectivity index (χ2n) is 3.58. The monoisotopic (exact) mass is 288 g/mol. The molecule has 0 saturated heterocycles. The molecule has 0 aliphatic rings. The van der Waals surface area contributed by atoms with E-state index in [-0.39, 0.29) is 12.3 Å². The lowest BCUT2D eigenvalue weighted by atomic mass is 10.5. The van der Waals surface area contributed by atoms with Crippen LogP contribution in [0.2, 0.25) is 0 Å². The number of carboxylic acids is 1. The lowest BCUT2D eigenvalue weighted by Gasteiger charge is -2.14. The Hall–Kier alpha value is -1.08. The number of carboxylic acid groups (broad SMARTS) is 1. The Balaban J connectivity index is 2.47. The third-order valence-electron chi connectivity index (χ3n) is 2.18. The maximum atomic E-state index is 11.3. The second-order valence-corrected chi connectivity index (χ2v) is 5.52. The minimum absolute atomic E-state index is 0.0167. The van der Waals surface area contributed by atoms with Crippen LogP contribution in [0.4, 0.5) is 5.13 Å². The van der Waals surface area contributed by atoms with E-state index >= 15 is 0 Å². The van der Waals surface area contributed by atoms with Gasteiger partial charge in [0.15, 0.2) is 5.13 Å². The highest BCUT2D eigenvalue weighted by atomic mass is 32.2. The quantitative estimate of drug-likeness (QED) is 0.779. The first-order valence-corrected chi connectivity index (χ1v) is 7.60. The predicted molar refractivity (Wildman–Crippen MR) is 74.2 cm³/mol. The number of carbonyl (C=O) groups is 2. The number of nitrogens with zero attached hydrogens (tertiary/aromatic N) is 2. The largest absolute Gasteiger partial charge is 0.481 e. The predicted octanol–water partition coefficient (Wildman–Crippen LogP) is 2.22. The fraction of sp³-hybridized carbons (Fsp3) is 0.545. The molecule has 1 rings (SSSR count). The van der Waals surface area contributed by atoms with Crippen molar-refractivity contribution < 1.29 is 14.7 Å². The van der Waals surface area contributed by atoms with Gasteiger partial charge in [0.1, 0.15) is 0 Å². The number of thiazole rings is 1. The molecule has 0 saturated carbocycles. The van der Waals surface area contributed by atoms with Crippen LogP contribution in [-0.4, -0.2) is 34.3 Å².